The number of aromatic amines is 2. The topological polar surface area (TPSA) is 86.0 Å². The Balaban J connectivity index is 1.99. The van der Waals surface area contributed by atoms with Crippen LogP contribution in [0.3, 0.4) is 0 Å². The van der Waals surface area contributed by atoms with Crippen LogP contribution in [0.2, 0.25) is 0 Å². The number of nitrogens with zero attached hydrogens (tertiary/aromatic N) is 1. The zero-order valence-electron chi connectivity index (χ0n) is 11.8. The first kappa shape index (κ1) is 14.6. The molecule has 2 heterocycles. The molecule has 1 aromatic heterocycles. The Morgan fingerprint density at radius 3 is 2.35 bits per heavy atom. The fourth-order valence-electron chi connectivity index (χ4n) is 2.64. The quantitative estimate of drug-likeness (QED) is 0.854. The molecule has 1 fully saturated rings. The Hall–Kier alpha value is -1.85. The smallest absolute Gasteiger partial charge is 0.325 e. The first-order chi connectivity index (χ1) is 9.58. The molecule has 0 aliphatic carbocycles. The Kier molecular flexibility index (Phi) is 4.76. The molecule has 0 spiro atoms. The lowest BCUT2D eigenvalue weighted by Gasteiger charge is -2.20. The van der Waals surface area contributed by atoms with Gasteiger partial charge in [0.25, 0.3) is 5.56 Å². The van der Waals surface area contributed by atoms with E-state index in [4.69, 9.17) is 0 Å². The van der Waals surface area contributed by atoms with E-state index in [0.717, 1.165) is 25.9 Å². The summed E-state index contributed by atoms with van der Waals surface area (Å²) in [6, 6.07) is 0. The van der Waals surface area contributed by atoms with Gasteiger partial charge in [-0.1, -0.05) is 12.8 Å². The maximum Gasteiger partial charge on any atom is 0.325 e. The van der Waals surface area contributed by atoms with Crippen LogP contribution in [0.25, 0.3) is 0 Å². The zero-order chi connectivity index (χ0) is 14.5. The number of aryl methyl sites for hydroxylation is 1. The lowest BCUT2D eigenvalue weighted by atomic mass is 10.1. The maximum absolute atomic E-state index is 12.2. The molecule has 1 aliphatic rings. The number of H-pyrrole nitrogens is 2. The Morgan fingerprint density at radius 1 is 1.10 bits per heavy atom. The van der Waals surface area contributed by atoms with E-state index < -0.39 is 11.2 Å². The summed E-state index contributed by atoms with van der Waals surface area (Å²) in [7, 11) is 0. The highest BCUT2D eigenvalue weighted by Crippen LogP contribution is 2.11. The van der Waals surface area contributed by atoms with Crippen LogP contribution in [0, 0.1) is 6.92 Å². The van der Waals surface area contributed by atoms with Gasteiger partial charge in [0.2, 0.25) is 5.91 Å². The SMILES string of the molecule is Cc1[nH]c(=O)[nH]c(=O)c1CCC(=O)N1CCCCCC1. The molecule has 1 saturated heterocycles. The summed E-state index contributed by atoms with van der Waals surface area (Å²) >= 11 is 0. The van der Waals surface area contributed by atoms with Crippen molar-refractivity contribution < 1.29 is 4.79 Å². The van der Waals surface area contributed by atoms with Gasteiger partial charge >= 0.3 is 5.69 Å². The third-order valence-electron chi connectivity index (χ3n) is 3.80. The highest BCUT2D eigenvalue weighted by atomic mass is 16.2. The standard InChI is InChI=1S/C14H21N3O3/c1-10-11(13(19)16-14(20)15-10)6-7-12(18)17-8-4-2-3-5-9-17/h2-9H2,1H3,(H2,15,16,19,20). The lowest BCUT2D eigenvalue weighted by molar-refractivity contribution is -0.131. The van der Waals surface area contributed by atoms with E-state index in [1.54, 1.807) is 6.92 Å². The highest BCUT2D eigenvalue weighted by molar-refractivity contribution is 5.76. The summed E-state index contributed by atoms with van der Waals surface area (Å²) < 4.78 is 0. The minimum absolute atomic E-state index is 0.0944. The summed E-state index contributed by atoms with van der Waals surface area (Å²) in [4.78, 5) is 41.6. The molecule has 0 unspecified atom stereocenters. The van der Waals surface area contributed by atoms with Gasteiger partial charge in [0.05, 0.1) is 0 Å². The van der Waals surface area contributed by atoms with Crippen molar-refractivity contribution in [3.05, 3.63) is 32.1 Å². The van der Waals surface area contributed by atoms with E-state index in [2.05, 4.69) is 9.97 Å². The van der Waals surface area contributed by atoms with Crippen molar-refractivity contribution in [1.29, 1.82) is 0 Å². The monoisotopic (exact) mass is 279 g/mol. The highest BCUT2D eigenvalue weighted by Gasteiger charge is 2.16. The van der Waals surface area contributed by atoms with Crippen LogP contribution < -0.4 is 11.2 Å². The van der Waals surface area contributed by atoms with Gasteiger partial charge in [0.1, 0.15) is 0 Å². The maximum atomic E-state index is 12.2. The van der Waals surface area contributed by atoms with E-state index >= 15 is 0 Å². The largest absolute Gasteiger partial charge is 0.343 e. The Bertz CT molecular complexity index is 580. The minimum Gasteiger partial charge on any atom is -0.343 e. The van der Waals surface area contributed by atoms with E-state index in [0.29, 0.717) is 24.1 Å². The molecule has 2 rings (SSSR count). The van der Waals surface area contributed by atoms with E-state index in [-0.39, 0.29) is 5.91 Å². The summed E-state index contributed by atoms with van der Waals surface area (Å²) in [5, 5.41) is 0. The van der Waals surface area contributed by atoms with Crippen LogP contribution >= 0.6 is 0 Å². The molecule has 6 nitrogen and oxygen atoms in total. The molecule has 20 heavy (non-hydrogen) atoms. The number of carbonyl (C=O) groups is 1. The van der Waals surface area contributed by atoms with Gasteiger partial charge in [-0.15, -0.1) is 0 Å². The molecule has 0 bridgehead atoms. The zero-order valence-corrected chi connectivity index (χ0v) is 11.8. The van der Waals surface area contributed by atoms with Gasteiger partial charge in [-0.3, -0.25) is 14.6 Å². The number of hydrogen-bond donors (Lipinski definition) is 2. The second-order valence-electron chi connectivity index (χ2n) is 5.31. The molecule has 1 aromatic rings. The van der Waals surface area contributed by atoms with Crippen molar-refractivity contribution in [3.63, 3.8) is 0 Å². The van der Waals surface area contributed by atoms with E-state index in [1.165, 1.54) is 12.8 Å². The molecule has 1 amide bonds. The number of rotatable bonds is 3. The summed E-state index contributed by atoms with van der Waals surface area (Å²) in [6.07, 6.45) is 5.17. The van der Waals surface area contributed by atoms with Gasteiger partial charge in [0, 0.05) is 30.8 Å². The Labute approximate surface area is 117 Å². The molecule has 0 radical (unpaired) electrons. The number of aromatic nitrogens is 2. The van der Waals surface area contributed by atoms with Crippen LogP contribution in [0.5, 0.6) is 0 Å². The van der Waals surface area contributed by atoms with Crippen LogP contribution in [-0.4, -0.2) is 33.9 Å². The number of nitrogens with one attached hydrogen (secondary N) is 2. The van der Waals surface area contributed by atoms with Crippen molar-refractivity contribution in [2.75, 3.05) is 13.1 Å². The molecule has 2 N–H and O–H groups in total. The predicted molar refractivity (Wildman–Crippen MR) is 75.8 cm³/mol. The fourth-order valence-corrected chi connectivity index (χ4v) is 2.64. The lowest BCUT2D eigenvalue weighted by Crippen LogP contribution is -2.33. The third-order valence-corrected chi connectivity index (χ3v) is 3.80. The molecule has 110 valence electrons. The van der Waals surface area contributed by atoms with Crippen LogP contribution in [-0.2, 0) is 11.2 Å². The second kappa shape index (κ2) is 6.54. The van der Waals surface area contributed by atoms with Crippen LogP contribution in [0.15, 0.2) is 9.59 Å². The van der Waals surface area contributed by atoms with Gasteiger partial charge in [-0.25, -0.2) is 4.79 Å². The van der Waals surface area contributed by atoms with Gasteiger partial charge < -0.3 is 9.88 Å². The third kappa shape index (κ3) is 3.59. The molecule has 0 atom stereocenters. The normalized spacial score (nSPS) is 15.9. The number of likely N-dealkylation sites (tertiary alicyclic amines) is 1. The average Bonchev–Trinajstić information content (AvgIpc) is 2.66. The van der Waals surface area contributed by atoms with Crippen molar-refractivity contribution in [2.45, 2.75) is 45.4 Å². The fraction of sp³-hybridized carbons (Fsp3) is 0.643. The molecular formula is C14H21N3O3. The molecular weight excluding hydrogens is 258 g/mol. The van der Waals surface area contributed by atoms with Gasteiger partial charge in [0.15, 0.2) is 0 Å². The minimum atomic E-state index is -0.505. The van der Waals surface area contributed by atoms with Gasteiger partial charge in [-0.05, 0) is 26.2 Å². The first-order valence-electron chi connectivity index (χ1n) is 7.18. The number of carbonyl (C=O) groups excluding carboxylic acids is 1. The molecule has 1 aliphatic heterocycles. The van der Waals surface area contributed by atoms with Crippen molar-refractivity contribution in [3.8, 4) is 0 Å². The van der Waals surface area contributed by atoms with E-state index in [9.17, 15) is 14.4 Å². The van der Waals surface area contributed by atoms with Crippen LogP contribution in [0.4, 0.5) is 0 Å². The predicted octanol–water partition coefficient (Wildman–Crippen LogP) is 0.707. The molecule has 0 aromatic carbocycles. The molecule has 0 saturated carbocycles. The first-order valence-corrected chi connectivity index (χ1v) is 7.18. The van der Waals surface area contributed by atoms with Crippen molar-refractivity contribution >= 4 is 5.91 Å². The van der Waals surface area contributed by atoms with E-state index in [1.807, 2.05) is 4.90 Å². The number of amides is 1. The Morgan fingerprint density at radius 2 is 1.75 bits per heavy atom. The number of hydrogen-bond acceptors (Lipinski definition) is 3. The summed E-state index contributed by atoms with van der Waals surface area (Å²) in [6.45, 7) is 3.32. The van der Waals surface area contributed by atoms with Crippen molar-refractivity contribution in [1.82, 2.24) is 14.9 Å². The molecule has 6 heteroatoms. The van der Waals surface area contributed by atoms with Gasteiger partial charge in [-0.2, -0.15) is 0 Å². The summed E-state index contributed by atoms with van der Waals surface area (Å²) in [5.74, 6) is 0.0944. The second-order valence-corrected chi connectivity index (χ2v) is 5.31. The average molecular weight is 279 g/mol. The summed E-state index contributed by atoms with van der Waals surface area (Å²) in [5.41, 5.74) is 0.139. The van der Waals surface area contributed by atoms with Crippen molar-refractivity contribution in [2.24, 2.45) is 0 Å². The van der Waals surface area contributed by atoms with Crippen LogP contribution in [0.1, 0.15) is 43.4 Å².